The fraction of sp³-hybridized carbons (Fsp3) is 0.583. The second kappa shape index (κ2) is 5.76. The van der Waals surface area contributed by atoms with Crippen LogP contribution in [0.4, 0.5) is 0 Å². The average molecular weight is 349 g/mol. The summed E-state index contributed by atoms with van der Waals surface area (Å²) in [5.41, 5.74) is -0.351. The third kappa shape index (κ3) is 4.43. The van der Waals surface area contributed by atoms with Crippen LogP contribution in [-0.4, -0.2) is 25.8 Å². The second-order valence-corrected chi connectivity index (χ2v) is 7.67. The molecule has 0 saturated heterocycles. The Kier molecular flexibility index (Phi) is 4.47. The van der Waals surface area contributed by atoms with Gasteiger partial charge in [0.1, 0.15) is 5.75 Å². The summed E-state index contributed by atoms with van der Waals surface area (Å²) >= 11 is 3.32. The number of hydrogen-bond acceptors (Lipinski definition) is 4. The Bertz CT molecular complexity index is 542. The number of aromatic nitrogens is 1. The van der Waals surface area contributed by atoms with Crippen LogP contribution in [0, 0.1) is 5.41 Å². The van der Waals surface area contributed by atoms with E-state index in [0.717, 1.165) is 30.2 Å². The Balaban J connectivity index is 2.05. The molecule has 106 valence electrons. The monoisotopic (exact) mass is 348 g/mol. The number of halogens is 1. The molecule has 0 bridgehead atoms. The first-order chi connectivity index (χ1) is 8.89. The van der Waals surface area contributed by atoms with Gasteiger partial charge in [-0.2, -0.15) is 0 Å². The van der Waals surface area contributed by atoms with Crippen molar-refractivity contribution in [3.05, 3.63) is 22.9 Å². The molecule has 1 aromatic rings. The van der Waals surface area contributed by atoms with Crippen LogP contribution in [0.3, 0.4) is 0 Å². The highest BCUT2D eigenvalue weighted by Crippen LogP contribution is 2.39. The maximum absolute atomic E-state index is 11.4. The van der Waals surface area contributed by atoms with Gasteiger partial charge >= 0.3 is 0 Å². The van der Waals surface area contributed by atoms with Crippen LogP contribution in [0.1, 0.15) is 25.7 Å². The Labute approximate surface area is 121 Å². The van der Waals surface area contributed by atoms with Crippen molar-refractivity contribution >= 4 is 26.0 Å². The Morgan fingerprint density at radius 2 is 2.05 bits per heavy atom. The van der Waals surface area contributed by atoms with Crippen LogP contribution >= 0.6 is 15.9 Å². The molecule has 0 unspecified atom stereocenters. The molecule has 0 radical (unpaired) electrons. The topological polar surface area (TPSA) is 82.3 Å². The smallest absolute Gasteiger partial charge is 0.209 e. The van der Waals surface area contributed by atoms with Gasteiger partial charge in [0, 0.05) is 16.1 Å². The Morgan fingerprint density at radius 3 is 2.63 bits per heavy atom. The van der Waals surface area contributed by atoms with Crippen LogP contribution < -0.4 is 9.88 Å². The van der Waals surface area contributed by atoms with Gasteiger partial charge < -0.3 is 4.74 Å². The summed E-state index contributed by atoms with van der Waals surface area (Å²) in [4.78, 5) is 4.01. The molecular weight excluding hydrogens is 332 g/mol. The number of sulfonamides is 1. The molecule has 1 saturated carbocycles. The summed E-state index contributed by atoms with van der Waals surface area (Å²) in [5, 5.41) is 5.19. The zero-order valence-corrected chi connectivity index (χ0v) is 12.9. The molecule has 5 nitrogen and oxygen atoms in total. The molecule has 1 heterocycles. The molecule has 2 N–H and O–H groups in total. The van der Waals surface area contributed by atoms with E-state index >= 15 is 0 Å². The highest BCUT2D eigenvalue weighted by atomic mass is 79.9. The van der Waals surface area contributed by atoms with Crippen LogP contribution in [0.5, 0.6) is 5.75 Å². The average Bonchev–Trinajstić information content (AvgIpc) is 2.73. The normalized spacial score (nSPS) is 18.4. The van der Waals surface area contributed by atoms with Gasteiger partial charge in [0.15, 0.2) is 0 Å². The van der Waals surface area contributed by atoms with Gasteiger partial charge in [-0.25, -0.2) is 13.6 Å². The number of primary sulfonamides is 1. The predicted molar refractivity (Wildman–Crippen MR) is 76.3 cm³/mol. The zero-order chi connectivity index (χ0) is 13.9. The number of ether oxygens (including phenoxy) is 1. The molecule has 1 aromatic heterocycles. The molecule has 1 aliphatic rings. The highest BCUT2D eigenvalue weighted by Gasteiger charge is 2.38. The Morgan fingerprint density at radius 1 is 1.37 bits per heavy atom. The van der Waals surface area contributed by atoms with Crippen molar-refractivity contribution < 1.29 is 13.2 Å². The quantitative estimate of drug-likeness (QED) is 0.882. The number of nitrogens with two attached hydrogens (primary N) is 1. The first-order valence-electron chi connectivity index (χ1n) is 6.12. The molecule has 0 aliphatic heterocycles. The molecule has 19 heavy (non-hydrogen) atoms. The van der Waals surface area contributed by atoms with Crippen LogP contribution in [0.25, 0.3) is 0 Å². The predicted octanol–water partition coefficient (Wildman–Crippen LogP) is 2.07. The van der Waals surface area contributed by atoms with Gasteiger partial charge in [0.05, 0.1) is 18.6 Å². The largest absolute Gasteiger partial charge is 0.491 e. The fourth-order valence-corrected chi connectivity index (χ4v) is 4.16. The number of rotatable bonds is 5. The molecule has 7 heteroatoms. The first kappa shape index (κ1) is 14.7. The molecule has 0 amide bonds. The van der Waals surface area contributed by atoms with E-state index in [4.69, 9.17) is 9.88 Å². The van der Waals surface area contributed by atoms with Crippen molar-refractivity contribution in [2.75, 3.05) is 12.4 Å². The summed E-state index contributed by atoms with van der Waals surface area (Å²) < 4.78 is 29.3. The zero-order valence-electron chi connectivity index (χ0n) is 10.5. The first-order valence-corrected chi connectivity index (χ1v) is 8.63. The lowest BCUT2D eigenvalue weighted by atomic mass is 9.90. The van der Waals surface area contributed by atoms with E-state index in [1.54, 1.807) is 12.4 Å². The summed E-state index contributed by atoms with van der Waals surface area (Å²) in [5.74, 6) is 0.622. The summed E-state index contributed by atoms with van der Waals surface area (Å²) in [7, 11) is -3.48. The maximum Gasteiger partial charge on any atom is 0.209 e. The molecule has 1 aliphatic carbocycles. The van der Waals surface area contributed by atoms with Crippen LogP contribution in [0.15, 0.2) is 22.9 Å². The van der Waals surface area contributed by atoms with Gasteiger partial charge in [-0.15, -0.1) is 0 Å². The van der Waals surface area contributed by atoms with Gasteiger partial charge in [-0.3, -0.25) is 4.98 Å². The van der Waals surface area contributed by atoms with Crippen molar-refractivity contribution in [3.63, 3.8) is 0 Å². The van der Waals surface area contributed by atoms with Crippen LogP contribution in [-0.2, 0) is 10.0 Å². The summed E-state index contributed by atoms with van der Waals surface area (Å²) in [6.45, 7) is 0.363. The lowest BCUT2D eigenvalue weighted by Gasteiger charge is -2.27. The summed E-state index contributed by atoms with van der Waals surface area (Å²) in [6.07, 6.45) is 7.01. The molecule has 0 aromatic carbocycles. The Hall–Kier alpha value is -0.660. The standard InChI is InChI=1S/C12H17BrN2O3S/c13-10-5-11(7-15-6-10)18-8-12(3-1-2-4-12)9-19(14,16)17/h5-7H,1-4,8-9H2,(H2,14,16,17). The van der Waals surface area contributed by atoms with Gasteiger partial charge in [0.25, 0.3) is 0 Å². The number of nitrogens with zero attached hydrogens (tertiary/aromatic N) is 1. The van der Waals surface area contributed by atoms with E-state index in [-0.39, 0.29) is 11.2 Å². The minimum Gasteiger partial charge on any atom is -0.491 e. The molecule has 2 rings (SSSR count). The van der Waals surface area contributed by atoms with Gasteiger partial charge in [-0.1, -0.05) is 12.8 Å². The SMILES string of the molecule is NS(=O)(=O)CC1(COc2cncc(Br)c2)CCCC1. The second-order valence-electron chi connectivity index (χ2n) is 5.14. The van der Waals surface area contributed by atoms with Crippen molar-refractivity contribution in [3.8, 4) is 5.75 Å². The summed E-state index contributed by atoms with van der Waals surface area (Å²) in [6, 6.07) is 1.81. The highest BCUT2D eigenvalue weighted by molar-refractivity contribution is 9.10. The van der Waals surface area contributed by atoms with Crippen LogP contribution in [0.2, 0.25) is 0 Å². The lowest BCUT2D eigenvalue weighted by Crippen LogP contribution is -2.36. The molecular formula is C12H17BrN2O3S. The van der Waals surface area contributed by atoms with E-state index in [1.165, 1.54) is 0 Å². The molecule has 1 fully saturated rings. The van der Waals surface area contributed by atoms with Gasteiger partial charge in [-0.05, 0) is 34.8 Å². The number of hydrogen-bond donors (Lipinski definition) is 1. The number of pyridine rings is 1. The van der Waals surface area contributed by atoms with Crippen molar-refractivity contribution in [1.29, 1.82) is 0 Å². The van der Waals surface area contributed by atoms with Crippen molar-refractivity contribution in [1.82, 2.24) is 4.98 Å². The van der Waals surface area contributed by atoms with Crippen molar-refractivity contribution in [2.45, 2.75) is 25.7 Å². The minimum absolute atomic E-state index is 0.0125. The van der Waals surface area contributed by atoms with E-state index in [1.807, 2.05) is 6.07 Å². The van der Waals surface area contributed by atoms with Crippen molar-refractivity contribution in [2.24, 2.45) is 10.6 Å². The molecule has 0 spiro atoms. The van der Waals surface area contributed by atoms with Gasteiger partial charge in [0.2, 0.25) is 10.0 Å². The maximum atomic E-state index is 11.4. The lowest BCUT2D eigenvalue weighted by molar-refractivity contribution is 0.170. The van der Waals surface area contributed by atoms with E-state index in [0.29, 0.717) is 12.4 Å². The van der Waals surface area contributed by atoms with E-state index in [9.17, 15) is 8.42 Å². The third-order valence-corrected chi connectivity index (χ3v) is 4.84. The van der Waals surface area contributed by atoms with E-state index in [2.05, 4.69) is 20.9 Å². The fourth-order valence-electron chi connectivity index (χ4n) is 2.59. The molecule has 0 atom stereocenters. The third-order valence-electron chi connectivity index (χ3n) is 3.40. The van der Waals surface area contributed by atoms with E-state index < -0.39 is 10.0 Å². The minimum atomic E-state index is -3.48.